The van der Waals surface area contributed by atoms with Gasteiger partial charge in [-0.25, -0.2) is 0 Å². The Hall–Kier alpha value is -1.10. The second-order valence-electron chi connectivity index (χ2n) is 4.74. The van der Waals surface area contributed by atoms with Crippen molar-refractivity contribution in [1.82, 2.24) is 15.0 Å². The summed E-state index contributed by atoms with van der Waals surface area (Å²) in [4.78, 5) is 8.79. The lowest BCUT2D eigenvalue weighted by molar-refractivity contribution is 0.289. The second kappa shape index (κ2) is 3.20. The van der Waals surface area contributed by atoms with E-state index in [1.165, 1.54) is 19.5 Å². The number of anilines is 1. The van der Waals surface area contributed by atoms with Gasteiger partial charge in [0, 0.05) is 27.2 Å². The fourth-order valence-corrected chi connectivity index (χ4v) is 2.62. The molecule has 0 saturated carbocycles. The Morgan fingerprint density at radius 1 is 1.40 bits per heavy atom. The van der Waals surface area contributed by atoms with E-state index in [9.17, 15) is 0 Å². The van der Waals surface area contributed by atoms with E-state index in [1.54, 1.807) is 0 Å². The number of aromatic nitrogens is 2. The summed E-state index contributed by atoms with van der Waals surface area (Å²) >= 11 is 0. The zero-order valence-electron chi connectivity index (χ0n) is 9.18. The van der Waals surface area contributed by atoms with Gasteiger partial charge in [-0.3, -0.25) is 0 Å². The quantitative estimate of drug-likeness (QED) is 0.710. The molecule has 15 heavy (non-hydrogen) atoms. The number of piperidine rings is 1. The summed E-state index contributed by atoms with van der Waals surface area (Å²) in [5.41, 5.74) is 0. The molecule has 2 fully saturated rings. The first-order valence-corrected chi connectivity index (χ1v) is 5.47. The van der Waals surface area contributed by atoms with Crippen LogP contribution in [0.4, 0.5) is 5.95 Å². The topological polar surface area (TPSA) is 45.4 Å². The fraction of sp³-hybridized carbons (Fsp3) is 0.800. The predicted molar refractivity (Wildman–Crippen MR) is 55.9 cm³/mol. The van der Waals surface area contributed by atoms with Gasteiger partial charge in [0.2, 0.25) is 5.89 Å². The van der Waals surface area contributed by atoms with E-state index >= 15 is 0 Å². The summed E-state index contributed by atoms with van der Waals surface area (Å²) in [6, 6.07) is 0. The van der Waals surface area contributed by atoms with Crippen molar-refractivity contribution in [3.05, 3.63) is 5.89 Å². The summed E-state index contributed by atoms with van der Waals surface area (Å²) in [5, 5.41) is 3.97. The van der Waals surface area contributed by atoms with Gasteiger partial charge < -0.3 is 14.3 Å². The Labute approximate surface area is 89.0 Å². The van der Waals surface area contributed by atoms with E-state index in [0.717, 1.165) is 18.4 Å². The van der Waals surface area contributed by atoms with Crippen molar-refractivity contribution in [1.29, 1.82) is 0 Å². The van der Waals surface area contributed by atoms with Crippen LogP contribution in [-0.4, -0.2) is 48.8 Å². The summed E-state index contributed by atoms with van der Waals surface area (Å²) in [5.74, 6) is 2.72. The second-order valence-corrected chi connectivity index (χ2v) is 4.74. The Balaban J connectivity index is 1.81. The van der Waals surface area contributed by atoms with E-state index in [0.29, 0.717) is 11.9 Å². The van der Waals surface area contributed by atoms with Gasteiger partial charge in [-0.1, -0.05) is 0 Å². The largest absolute Gasteiger partial charge is 0.344 e. The van der Waals surface area contributed by atoms with E-state index in [4.69, 9.17) is 4.52 Å². The summed E-state index contributed by atoms with van der Waals surface area (Å²) < 4.78 is 5.33. The summed E-state index contributed by atoms with van der Waals surface area (Å²) in [7, 11) is 3.86. The third-order valence-electron chi connectivity index (χ3n) is 3.48. The molecule has 0 spiro atoms. The maximum absolute atomic E-state index is 5.33. The first-order valence-electron chi connectivity index (χ1n) is 5.47. The molecule has 5 heteroatoms. The minimum absolute atomic E-state index is 0.472. The lowest BCUT2D eigenvalue weighted by atomic mass is 9.93. The molecule has 0 aliphatic carbocycles. The number of hydrogen-bond acceptors (Lipinski definition) is 5. The van der Waals surface area contributed by atoms with Gasteiger partial charge in [-0.05, 0) is 24.0 Å². The predicted octanol–water partition coefficient (Wildman–Crippen LogP) is 0.555. The molecule has 82 valence electrons. The average Bonchev–Trinajstić information content (AvgIpc) is 2.93. The van der Waals surface area contributed by atoms with Gasteiger partial charge >= 0.3 is 0 Å². The summed E-state index contributed by atoms with van der Waals surface area (Å²) in [6.07, 6.45) is 1.28. The molecule has 3 rings (SSSR count). The maximum Gasteiger partial charge on any atom is 0.265 e. The molecule has 3 heterocycles. The highest BCUT2D eigenvalue weighted by Crippen LogP contribution is 2.39. The van der Waals surface area contributed by atoms with Crippen LogP contribution in [-0.2, 0) is 0 Å². The fourth-order valence-electron chi connectivity index (χ4n) is 2.62. The van der Waals surface area contributed by atoms with Crippen LogP contribution in [0.2, 0.25) is 0 Å². The first kappa shape index (κ1) is 9.15. The number of hydrogen-bond donors (Lipinski definition) is 0. The van der Waals surface area contributed by atoms with E-state index in [1.807, 2.05) is 19.0 Å². The molecule has 0 aromatic carbocycles. The molecule has 2 bridgehead atoms. The third-order valence-corrected chi connectivity index (χ3v) is 3.48. The van der Waals surface area contributed by atoms with Gasteiger partial charge in [0.05, 0.1) is 5.92 Å². The molecule has 0 radical (unpaired) electrons. The van der Waals surface area contributed by atoms with Gasteiger partial charge in [-0.2, -0.15) is 4.98 Å². The van der Waals surface area contributed by atoms with Crippen LogP contribution in [0, 0.1) is 5.92 Å². The van der Waals surface area contributed by atoms with Crippen LogP contribution in [0.5, 0.6) is 0 Å². The molecule has 0 N–H and O–H groups in total. The van der Waals surface area contributed by atoms with Crippen LogP contribution in [0.25, 0.3) is 0 Å². The summed E-state index contributed by atoms with van der Waals surface area (Å²) in [6.45, 7) is 3.56. The third kappa shape index (κ3) is 1.42. The van der Waals surface area contributed by atoms with Crippen molar-refractivity contribution in [2.24, 2.45) is 5.92 Å². The highest BCUT2D eigenvalue weighted by Gasteiger charge is 2.41. The molecule has 3 unspecified atom stereocenters. The van der Waals surface area contributed by atoms with Crippen molar-refractivity contribution in [3.8, 4) is 0 Å². The molecule has 2 aliphatic rings. The molecular weight excluding hydrogens is 192 g/mol. The lowest BCUT2D eigenvalue weighted by Gasteiger charge is -2.18. The van der Waals surface area contributed by atoms with Crippen molar-refractivity contribution in [2.45, 2.75) is 12.3 Å². The first-order chi connectivity index (χ1) is 7.24. The van der Waals surface area contributed by atoms with E-state index in [-0.39, 0.29) is 0 Å². The SMILES string of the molecule is CN(C)c1noc(C2CN3CCC2C3)n1. The Morgan fingerprint density at radius 3 is 2.80 bits per heavy atom. The Kier molecular flexibility index (Phi) is 1.95. The molecule has 2 saturated heterocycles. The Bertz CT molecular complexity index is 362. The average molecular weight is 208 g/mol. The maximum atomic E-state index is 5.33. The van der Waals surface area contributed by atoms with Crippen LogP contribution in [0.1, 0.15) is 18.2 Å². The molecule has 0 amide bonds. The van der Waals surface area contributed by atoms with Crippen LogP contribution >= 0.6 is 0 Å². The minimum Gasteiger partial charge on any atom is -0.344 e. The van der Waals surface area contributed by atoms with Crippen molar-refractivity contribution >= 4 is 5.95 Å². The van der Waals surface area contributed by atoms with Gasteiger partial charge in [0.25, 0.3) is 5.95 Å². The molecule has 5 nitrogen and oxygen atoms in total. The van der Waals surface area contributed by atoms with Crippen molar-refractivity contribution in [2.75, 3.05) is 38.6 Å². The zero-order valence-corrected chi connectivity index (χ0v) is 9.18. The monoisotopic (exact) mass is 208 g/mol. The normalized spacial score (nSPS) is 33.6. The highest BCUT2D eigenvalue weighted by atomic mass is 16.5. The molecule has 3 atom stereocenters. The molecule has 1 aromatic rings. The van der Waals surface area contributed by atoms with Crippen LogP contribution < -0.4 is 4.90 Å². The van der Waals surface area contributed by atoms with Crippen molar-refractivity contribution in [3.63, 3.8) is 0 Å². The standard InChI is InChI=1S/C10H16N4O/c1-13(2)10-11-9(15-12-10)8-6-14-4-3-7(8)5-14/h7-8H,3-6H2,1-2H3. The molecule has 2 aliphatic heterocycles. The van der Waals surface area contributed by atoms with Crippen LogP contribution in [0.3, 0.4) is 0 Å². The highest BCUT2D eigenvalue weighted by molar-refractivity contribution is 5.25. The number of nitrogens with zero attached hydrogens (tertiary/aromatic N) is 4. The number of rotatable bonds is 2. The van der Waals surface area contributed by atoms with E-state index in [2.05, 4.69) is 15.0 Å². The Morgan fingerprint density at radius 2 is 2.27 bits per heavy atom. The number of fused-ring (bicyclic) bond motifs is 2. The minimum atomic E-state index is 0.472. The molecule has 1 aromatic heterocycles. The molecular formula is C10H16N4O. The zero-order chi connectivity index (χ0) is 10.4. The van der Waals surface area contributed by atoms with Crippen LogP contribution in [0.15, 0.2) is 4.52 Å². The van der Waals surface area contributed by atoms with Gasteiger partial charge in [-0.15, -0.1) is 0 Å². The smallest absolute Gasteiger partial charge is 0.265 e. The van der Waals surface area contributed by atoms with E-state index < -0.39 is 0 Å². The van der Waals surface area contributed by atoms with Gasteiger partial charge in [0.15, 0.2) is 0 Å². The van der Waals surface area contributed by atoms with Gasteiger partial charge in [0.1, 0.15) is 0 Å². The van der Waals surface area contributed by atoms with Crippen molar-refractivity contribution < 1.29 is 4.52 Å². The lowest BCUT2D eigenvalue weighted by Crippen LogP contribution is -2.22.